The van der Waals surface area contributed by atoms with Gasteiger partial charge < -0.3 is 11.1 Å². The fourth-order valence-electron chi connectivity index (χ4n) is 2.32. The summed E-state index contributed by atoms with van der Waals surface area (Å²) in [5.74, 6) is 0. The van der Waals surface area contributed by atoms with Gasteiger partial charge in [-0.1, -0.05) is 34.1 Å². The van der Waals surface area contributed by atoms with Crippen molar-refractivity contribution in [3.8, 4) is 0 Å². The monoisotopic (exact) mass is 297 g/mol. The van der Waals surface area contributed by atoms with E-state index < -0.39 is 0 Å². The third kappa shape index (κ3) is 3.07. The van der Waals surface area contributed by atoms with Crippen LogP contribution in [0, 0.1) is 0 Å². The van der Waals surface area contributed by atoms with Gasteiger partial charge in [0.1, 0.15) is 0 Å². The van der Waals surface area contributed by atoms with Gasteiger partial charge in [-0.15, -0.1) is 0 Å². The SMILES string of the molecule is CC(C(N)c1ccccc1Br)N1CCNCC1. The average Bonchev–Trinajstić information content (AvgIpc) is 2.39. The van der Waals surface area contributed by atoms with Gasteiger partial charge >= 0.3 is 0 Å². The van der Waals surface area contributed by atoms with Gasteiger partial charge in [0, 0.05) is 42.7 Å². The van der Waals surface area contributed by atoms with E-state index in [1.807, 2.05) is 12.1 Å². The van der Waals surface area contributed by atoms with E-state index >= 15 is 0 Å². The molecule has 2 unspecified atom stereocenters. The first-order valence-corrected chi connectivity index (χ1v) is 6.94. The highest BCUT2D eigenvalue weighted by atomic mass is 79.9. The van der Waals surface area contributed by atoms with E-state index in [2.05, 4.69) is 45.2 Å². The Morgan fingerprint density at radius 3 is 2.59 bits per heavy atom. The smallest absolute Gasteiger partial charge is 0.0461 e. The minimum atomic E-state index is 0.0590. The molecule has 1 fully saturated rings. The number of piperazine rings is 1. The molecule has 4 heteroatoms. The number of rotatable bonds is 3. The number of nitrogens with one attached hydrogen (secondary N) is 1. The van der Waals surface area contributed by atoms with Crippen molar-refractivity contribution in [1.29, 1.82) is 0 Å². The van der Waals surface area contributed by atoms with Crippen molar-refractivity contribution in [3.63, 3.8) is 0 Å². The predicted octanol–water partition coefficient (Wildman–Crippen LogP) is 1.74. The average molecular weight is 298 g/mol. The molecule has 0 bridgehead atoms. The molecule has 0 radical (unpaired) electrons. The number of hydrogen-bond acceptors (Lipinski definition) is 3. The van der Waals surface area contributed by atoms with Crippen LogP contribution in [0.25, 0.3) is 0 Å². The molecule has 0 aliphatic carbocycles. The molecule has 94 valence electrons. The first kappa shape index (κ1) is 13.0. The molecular weight excluding hydrogens is 278 g/mol. The Balaban J connectivity index is 2.08. The summed E-state index contributed by atoms with van der Waals surface area (Å²) in [6, 6.07) is 8.66. The van der Waals surface area contributed by atoms with E-state index in [-0.39, 0.29) is 6.04 Å². The molecule has 1 aromatic rings. The van der Waals surface area contributed by atoms with E-state index in [0.717, 1.165) is 30.7 Å². The highest BCUT2D eigenvalue weighted by Gasteiger charge is 2.24. The molecule has 1 aliphatic rings. The molecule has 1 saturated heterocycles. The van der Waals surface area contributed by atoms with E-state index in [9.17, 15) is 0 Å². The van der Waals surface area contributed by atoms with Gasteiger partial charge in [0.25, 0.3) is 0 Å². The molecular formula is C13H20BrN3. The molecule has 0 aromatic heterocycles. The van der Waals surface area contributed by atoms with Gasteiger partial charge in [0.05, 0.1) is 0 Å². The Bertz CT molecular complexity index is 363. The maximum atomic E-state index is 6.38. The standard InChI is InChI=1S/C13H20BrN3/c1-10(17-8-6-16-7-9-17)13(15)11-4-2-3-5-12(11)14/h2-5,10,13,16H,6-9,15H2,1H3. The van der Waals surface area contributed by atoms with E-state index in [1.165, 1.54) is 5.56 Å². The number of benzene rings is 1. The van der Waals surface area contributed by atoms with Crippen molar-refractivity contribution < 1.29 is 0 Å². The van der Waals surface area contributed by atoms with Crippen LogP contribution in [0.5, 0.6) is 0 Å². The summed E-state index contributed by atoms with van der Waals surface area (Å²) in [6.07, 6.45) is 0. The van der Waals surface area contributed by atoms with Crippen LogP contribution < -0.4 is 11.1 Å². The van der Waals surface area contributed by atoms with Gasteiger partial charge in [0.2, 0.25) is 0 Å². The Hall–Kier alpha value is -0.420. The Labute approximate surface area is 111 Å². The Kier molecular flexibility index (Phi) is 4.56. The van der Waals surface area contributed by atoms with Crippen LogP contribution >= 0.6 is 15.9 Å². The normalized spacial score (nSPS) is 21.1. The fourth-order valence-corrected chi connectivity index (χ4v) is 2.87. The van der Waals surface area contributed by atoms with Gasteiger partial charge in [-0.25, -0.2) is 0 Å². The van der Waals surface area contributed by atoms with Crippen LogP contribution in [0.2, 0.25) is 0 Å². The van der Waals surface area contributed by atoms with Crippen LogP contribution in [-0.2, 0) is 0 Å². The molecule has 0 amide bonds. The van der Waals surface area contributed by atoms with Crippen LogP contribution in [0.3, 0.4) is 0 Å². The van der Waals surface area contributed by atoms with Crippen molar-refractivity contribution in [1.82, 2.24) is 10.2 Å². The van der Waals surface area contributed by atoms with Crippen LogP contribution in [0.1, 0.15) is 18.5 Å². The summed E-state index contributed by atoms with van der Waals surface area (Å²) < 4.78 is 1.11. The molecule has 1 heterocycles. The zero-order valence-electron chi connectivity index (χ0n) is 10.2. The highest BCUT2D eigenvalue weighted by molar-refractivity contribution is 9.10. The molecule has 3 N–H and O–H groups in total. The molecule has 0 saturated carbocycles. The molecule has 1 aromatic carbocycles. The lowest BCUT2D eigenvalue weighted by molar-refractivity contribution is 0.163. The van der Waals surface area contributed by atoms with Crippen molar-refractivity contribution >= 4 is 15.9 Å². The lowest BCUT2D eigenvalue weighted by Gasteiger charge is -2.36. The first-order chi connectivity index (χ1) is 8.20. The van der Waals surface area contributed by atoms with Crippen molar-refractivity contribution in [3.05, 3.63) is 34.3 Å². The van der Waals surface area contributed by atoms with Crippen molar-refractivity contribution in [2.75, 3.05) is 26.2 Å². The third-order valence-corrected chi connectivity index (χ3v) is 4.23. The van der Waals surface area contributed by atoms with E-state index in [1.54, 1.807) is 0 Å². The molecule has 1 aliphatic heterocycles. The lowest BCUT2D eigenvalue weighted by atomic mass is 10.00. The van der Waals surface area contributed by atoms with Gasteiger partial charge in [-0.2, -0.15) is 0 Å². The number of nitrogens with zero attached hydrogens (tertiary/aromatic N) is 1. The van der Waals surface area contributed by atoms with Crippen LogP contribution in [0.15, 0.2) is 28.7 Å². The zero-order valence-corrected chi connectivity index (χ0v) is 11.8. The van der Waals surface area contributed by atoms with Crippen molar-refractivity contribution in [2.45, 2.75) is 19.0 Å². The van der Waals surface area contributed by atoms with Gasteiger partial charge in [-0.05, 0) is 18.6 Å². The van der Waals surface area contributed by atoms with Gasteiger partial charge in [-0.3, -0.25) is 4.90 Å². The number of halogens is 1. The predicted molar refractivity (Wildman–Crippen MR) is 75.0 cm³/mol. The second-order valence-electron chi connectivity index (χ2n) is 4.57. The molecule has 3 nitrogen and oxygen atoms in total. The summed E-state index contributed by atoms with van der Waals surface area (Å²) in [6.45, 7) is 6.51. The summed E-state index contributed by atoms with van der Waals surface area (Å²) >= 11 is 3.58. The minimum Gasteiger partial charge on any atom is -0.323 e. The summed E-state index contributed by atoms with van der Waals surface area (Å²) in [5.41, 5.74) is 7.57. The minimum absolute atomic E-state index is 0.0590. The number of hydrogen-bond donors (Lipinski definition) is 2. The lowest BCUT2D eigenvalue weighted by Crippen LogP contribution is -2.50. The Morgan fingerprint density at radius 1 is 1.29 bits per heavy atom. The van der Waals surface area contributed by atoms with Crippen LogP contribution in [0.4, 0.5) is 0 Å². The van der Waals surface area contributed by atoms with E-state index in [4.69, 9.17) is 5.73 Å². The second kappa shape index (κ2) is 5.96. The quantitative estimate of drug-likeness (QED) is 0.893. The fraction of sp³-hybridized carbons (Fsp3) is 0.538. The molecule has 2 atom stereocenters. The van der Waals surface area contributed by atoms with Crippen LogP contribution in [-0.4, -0.2) is 37.1 Å². The molecule has 2 rings (SSSR count). The van der Waals surface area contributed by atoms with E-state index in [0.29, 0.717) is 6.04 Å². The molecule has 0 spiro atoms. The Morgan fingerprint density at radius 2 is 1.94 bits per heavy atom. The largest absolute Gasteiger partial charge is 0.323 e. The topological polar surface area (TPSA) is 41.3 Å². The van der Waals surface area contributed by atoms with Crippen molar-refractivity contribution in [2.24, 2.45) is 5.73 Å². The third-order valence-electron chi connectivity index (χ3n) is 3.51. The molecule has 17 heavy (non-hydrogen) atoms. The first-order valence-electron chi connectivity index (χ1n) is 6.15. The highest BCUT2D eigenvalue weighted by Crippen LogP contribution is 2.25. The maximum Gasteiger partial charge on any atom is 0.0461 e. The maximum absolute atomic E-state index is 6.38. The second-order valence-corrected chi connectivity index (χ2v) is 5.43. The summed E-state index contributed by atoms with van der Waals surface area (Å²) in [7, 11) is 0. The summed E-state index contributed by atoms with van der Waals surface area (Å²) in [5, 5.41) is 3.37. The van der Waals surface area contributed by atoms with Gasteiger partial charge in [0.15, 0.2) is 0 Å². The number of nitrogens with two attached hydrogens (primary N) is 1. The zero-order chi connectivity index (χ0) is 12.3. The summed E-state index contributed by atoms with van der Waals surface area (Å²) in [4.78, 5) is 2.46.